The van der Waals surface area contributed by atoms with Gasteiger partial charge >= 0.3 is 11.9 Å². The van der Waals surface area contributed by atoms with Gasteiger partial charge in [-0.15, -0.1) is 0 Å². The standard InChI is InChI=1S/C16H18O5/c1-9(17)19-15-7-12-11-5-3-4-6-13(11)21-14(12)8-16(15)20-10(2)18/h7-8,11,13H,3-6H2,1-2H3/t11-,13-/m0/s1. The van der Waals surface area contributed by atoms with E-state index in [9.17, 15) is 9.59 Å². The molecule has 2 aliphatic rings. The lowest BCUT2D eigenvalue weighted by Crippen LogP contribution is -2.22. The van der Waals surface area contributed by atoms with Gasteiger partial charge in [0.15, 0.2) is 11.5 Å². The Labute approximate surface area is 123 Å². The first kappa shape index (κ1) is 13.9. The van der Waals surface area contributed by atoms with Gasteiger partial charge in [0.05, 0.1) is 0 Å². The predicted octanol–water partition coefficient (Wildman–Crippen LogP) is 2.96. The Hall–Kier alpha value is -2.04. The van der Waals surface area contributed by atoms with E-state index in [1.54, 1.807) is 12.1 Å². The molecule has 1 heterocycles. The molecular weight excluding hydrogens is 272 g/mol. The lowest BCUT2D eigenvalue weighted by molar-refractivity contribution is -0.134. The highest BCUT2D eigenvalue weighted by Gasteiger charge is 2.37. The van der Waals surface area contributed by atoms with Crippen LogP contribution in [0, 0.1) is 0 Å². The average molecular weight is 290 g/mol. The van der Waals surface area contributed by atoms with Crippen LogP contribution >= 0.6 is 0 Å². The molecule has 2 atom stereocenters. The molecule has 1 fully saturated rings. The summed E-state index contributed by atoms with van der Waals surface area (Å²) < 4.78 is 16.3. The second-order valence-electron chi connectivity index (χ2n) is 5.57. The summed E-state index contributed by atoms with van der Waals surface area (Å²) in [7, 11) is 0. The maximum Gasteiger partial charge on any atom is 0.308 e. The summed E-state index contributed by atoms with van der Waals surface area (Å²) in [6.45, 7) is 2.64. The number of hydrogen-bond donors (Lipinski definition) is 0. The molecular formula is C16H18O5. The smallest absolute Gasteiger partial charge is 0.308 e. The molecule has 0 unspecified atom stereocenters. The van der Waals surface area contributed by atoms with Gasteiger partial charge in [0.25, 0.3) is 0 Å². The van der Waals surface area contributed by atoms with Crippen molar-refractivity contribution < 1.29 is 23.8 Å². The van der Waals surface area contributed by atoms with Crippen LogP contribution in [0.2, 0.25) is 0 Å². The molecule has 1 aliphatic heterocycles. The molecule has 1 saturated carbocycles. The summed E-state index contributed by atoms with van der Waals surface area (Å²) in [5, 5.41) is 0. The van der Waals surface area contributed by atoms with Gasteiger partial charge in [-0.05, 0) is 25.3 Å². The summed E-state index contributed by atoms with van der Waals surface area (Å²) in [4.78, 5) is 22.4. The van der Waals surface area contributed by atoms with Crippen molar-refractivity contribution in [3.05, 3.63) is 17.7 Å². The molecule has 112 valence electrons. The minimum absolute atomic E-state index is 0.187. The van der Waals surface area contributed by atoms with Crippen LogP contribution in [0.25, 0.3) is 0 Å². The molecule has 5 heteroatoms. The first-order valence-corrected chi connectivity index (χ1v) is 7.26. The van der Waals surface area contributed by atoms with Crippen molar-refractivity contribution in [1.29, 1.82) is 0 Å². The lowest BCUT2D eigenvalue weighted by atomic mass is 9.83. The van der Waals surface area contributed by atoms with Crippen molar-refractivity contribution in [2.45, 2.75) is 51.6 Å². The number of hydrogen-bond acceptors (Lipinski definition) is 5. The number of fused-ring (bicyclic) bond motifs is 3. The second kappa shape index (κ2) is 5.39. The van der Waals surface area contributed by atoms with Gasteiger partial charge in [-0.3, -0.25) is 9.59 Å². The van der Waals surface area contributed by atoms with E-state index >= 15 is 0 Å². The zero-order valence-electron chi connectivity index (χ0n) is 12.2. The van der Waals surface area contributed by atoms with E-state index in [0.717, 1.165) is 24.2 Å². The van der Waals surface area contributed by atoms with Crippen molar-refractivity contribution in [1.82, 2.24) is 0 Å². The summed E-state index contributed by atoms with van der Waals surface area (Å²) in [5.41, 5.74) is 1.05. The van der Waals surface area contributed by atoms with E-state index in [1.807, 2.05) is 0 Å². The first-order chi connectivity index (χ1) is 10.0. The molecule has 21 heavy (non-hydrogen) atoms. The highest BCUT2D eigenvalue weighted by molar-refractivity contribution is 5.74. The molecule has 3 rings (SSSR count). The SMILES string of the molecule is CC(=O)Oc1cc2c(cc1OC(C)=O)[C@@H]1CCCC[C@@H]1O2. The van der Waals surface area contributed by atoms with Crippen LogP contribution in [0.4, 0.5) is 0 Å². The maximum atomic E-state index is 11.2. The third-order valence-corrected chi connectivity index (χ3v) is 3.96. The van der Waals surface area contributed by atoms with Gasteiger partial charge in [-0.2, -0.15) is 0 Å². The largest absolute Gasteiger partial charge is 0.489 e. The summed E-state index contributed by atoms with van der Waals surface area (Å²) in [5.74, 6) is 0.691. The van der Waals surface area contributed by atoms with Crippen molar-refractivity contribution >= 4 is 11.9 Å². The molecule has 5 nitrogen and oxygen atoms in total. The zero-order valence-corrected chi connectivity index (χ0v) is 12.2. The Bertz CT molecular complexity index is 593. The number of carbonyl (C=O) groups is 2. The molecule has 1 aromatic carbocycles. The predicted molar refractivity (Wildman–Crippen MR) is 74.7 cm³/mol. The van der Waals surface area contributed by atoms with E-state index < -0.39 is 11.9 Å². The molecule has 0 N–H and O–H groups in total. The van der Waals surface area contributed by atoms with E-state index in [2.05, 4.69) is 0 Å². The summed E-state index contributed by atoms with van der Waals surface area (Å²) in [6.07, 6.45) is 4.64. The molecule has 0 spiro atoms. The van der Waals surface area contributed by atoms with Crippen LogP contribution in [-0.2, 0) is 9.59 Å². The summed E-state index contributed by atoms with van der Waals surface area (Å²) >= 11 is 0. The van der Waals surface area contributed by atoms with Gasteiger partial charge in [-0.25, -0.2) is 0 Å². The fourth-order valence-corrected chi connectivity index (χ4v) is 3.17. The van der Waals surface area contributed by atoms with Gasteiger partial charge in [-0.1, -0.05) is 6.42 Å². The van der Waals surface area contributed by atoms with E-state index in [0.29, 0.717) is 5.92 Å². The average Bonchev–Trinajstić information content (AvgIpc) is 2.75. The van der Waals surface area contributed by atoms with Crippen molar-refractivity contribution in [2.75, 3.05) is 0 Å². The fourth-order valence-electron chi connectivity index (χ4n) is 3.17. The molecule has 0 saturated heterocycles. The number of ether oxygens (including phenoxy) is 3. The maximum absolute atomic E-state index is 11.2. The Kier molecular flexibility index (Phi) is 3.57. The third-order valence-electron chi connectivity index (χ3n) is 3.96. The molecule has 0 amide bonds. The Morgan fingerprint density at radius 2 is 1.67 bits per heavy atom. The van der Waals surface area contributed by atoms with Crippen LogP contribution in [0.15, 0.2) is 12.1 Å². The van der Waals surface area contributed by atoms with Crippen molar-refractivity contribution in [2.24, 2.45) is 0 Å². The van der Waals surface area contributed by atoms with Crippen LogP contribution < -0.4 is 14.2 Å². The van der Waals surface area contributed by atoms with Crippen molar-refractivity contribution in [3.8, 4) is 17.2 Å². The number of benzene rings is 1. The van der Waals surface area contributed by atoms with Crippen LogP contribution in [0.5, 0.6) is 17.2 Å². The van der Waals surface area contributed by atoms with Crippen molar-refractivity contribution in [3.63, 3.8) is 0 Å². The number of carbonyl (C=O) groups excluding carboxylic acids is 2. The van der Waals surface area contributed by atoms with E-state index in [-0.39, 0.29) is 17.6 Å². The monoisotopic (exact) mass is 290 g/mol. The van der Waals surface area contributed by atoms with Gasteiger partial charge in [0, 0.05) is 31.4 Å². The molecule has 1 aliphatic carbocycles. The minimum atomic E-state index is -0.459. The Morgan fingerprint density at radius 1 is 1.05 bits per heavy atom. The minimum Gasteiger partial charge on any atom is -0.489 e. The number of esters is 2. The molecule has 0 radical (unpaired) electrons. The Morgan fingerprint density at radius 3 is 2.33 bits per heavy atom. The summed E-state index contributed by atoms with van der Waals surface area (Å²) in [6, 6.07) is 3.44. The number of rotatable bonds is 2. The van der Waals surface area contributed by atoms with E-state index in [4.69, 9.17) is 14.2 Å². The Balaban J connectivity index is 1.99. The van der Waals surface area contributed by atoms with Gasteiger partial charge in [0.2, 0.25) is 0 Å². The molecule has 0 aromatic heterocycles. The third kappa shape index (κ3) is 2.73. The normalized spacial score (nSPS) is 22.8. The quantitative estimate of drug-likeness (QED) is 0.619. The topological polar surface area (TPSA) is 61.8 Å². The van der Waals surface area contributed by atoms with Crippen LogP contribution in [0.1, 0.15) is 51.0 Å². The molecule has 0 bridgehead atoms. The fraction of sp³-hybridized carbons (Fsp3) is 0.500. The van der Waals surface area contributed by atoms with E-state index in [1.165, 1.54) is 26.7 Å². The highest BCUT2D eigenvalue weighted by Crippen LogP contribution is 2.49. The van der Waals surface area contributed by atoms with Gasteiger partial charge in [0.1, 0.15) is 11.9 Å². The van der Waals surface area contributed by atoms with Gasteiger partial charge < -0.3 is 14.2 Å². The van der Waals surface area contributed by atoms with Crippen LogP contribution in [0.3, 0.4) is 0 Å². The zero-order chi connectivity index (χ0) is 15.0. The van der Waals surface area contributed by atoms with Crippen LogP contribution in [-0.4, -0.2) is 18.0 Å². The first-order valence-electron chi connectivity index (χ1n) is 7.26. The lowest BCUT2D eigenvalue weighted by Gasteiger charge is -2.23. The highest BCUT2D eigenvalue weighted by atomic mass is 16.6. The second-order valence-corrected chi connectivity index (χ2v) is 5.57. The molecule has 1 aromatic rings.